The largest absolute Gasteiger partial charge is 2.00 e. The predicted octanol–water partition coefficient (Wildman–Crippen LogP) is 5.39. The quantitative estimate of drug-likeness (QED) is 0.146. The zero-order chi connectivity index (χ0) is 31.4. The molecule has 0 spiro atoms. The van der Waals surface area contributed by atoms with Crippen molar-refractivity contribution in [3.63, 3.8) is 0 Å². The number of rotatable bonds is 16. The zero-order valence-corrected chi connectivity index (χ0v) is 32.5. The molecule has 0 saturated heterocycles. The van der Waals surface area contributed by atoms with Crippen molar-refractivity contribution in [2.75, 3.05) is 0 Å². The maximum atomic E-state index is 5.31. The van der Waals surface area contributed by atoms with Gasteiger partial charge in [-0.15, -0.1) is 0 Å². The molecule has 3 nitrogen and oxygen atoms in total. The fourth-order valence-electron chi connectivity index (χ4n) is 6.15. The van der Waals surface area contributed by atoms with Gasteiger partial charge in [0.05, 0.1) is 34.2 Å². The van der Waals surface area contributed by atoms with Crippen LogP contribution < -0.4 is 24.8 Å². The Hall–Kier alpha value is -1.97. The molecular weight excluding hydrogens is 649 g/mol. The van der Waals surface area contributed by atoms with Crippen LogP contribution in [-0.4, -0.2) is 16.4 Å². The van der Waals surface area contributed by atoms with Crippen LogP contribution in [0.4, 0.5) is 11.4 Å². The van der Waals surface area contributed by atoms with Crippen molar-refractivity contribution in [3.05, 3.63) is 86.7 Å². The summed E-state index contributed by atoms with van der Waals surface area (Å²) < 4.78 is 0. The Labute approximate surface area is 304 Å². The maximum Gasteiger partial charge on any atom is 2.00 e. The second kappa shape index (κ2) is 22.6. The van der Waals surface area contributed by atoms with Gasteiger partial charge < -0.3 is 24.8 Å². The summed E-state index contributed by atoms with van der Waals surface area (Å²) in [5.74, 6) is 0. The number of hydrogen-bond acceptors (Lipinski definition) is 3. The van der Waals surface area contributed by atoms with Crippen molar-refractivity contribution in [1.82, 2.24) is 4.98 Å². The van der Waals surface area contributed by atoms with Crippen LogP contribution in [0, 0.1) is 6.92 Å². The van der Waals surface area contributed by atoms with Gasteiger partial charge in [-0.2, -0.15) is 0 Å². The van der Waals surface area contributed by atoms with Crippen molar-refractivity contribution in [3.8, 4) is 0 Å². The summed E-state index contributed by atoms with van der Waals surface area (Å²) in [6.45, 7) is 20.0. The second-order valence-electron chi connectivity index (χ2n) is 12.3. The Morgan fingerprint density at radius 1 is 0.500 bits per heavy atom. The number of aromatic nitrogens is 1. The molecule has 0 radical (unpaired) electrons. The van der Waals surface area contributed by atoms with E-state index in [1.165, 1.54) is 51.8 Å². The van der Waals surface area contributed by atoms with Crippen LogP contribution >= 0.6 is 0 Å². The van der Waals surface area contributed by atoms with Gasteiger partial charge in [-0.3, -0.25) is 9.98 Å². The van der Waals surface area contributed by atoms with Gasteiger partial charge in [-0.05, 0) is 110 Å². The third-order valence-corrected chi connectivity index (χ3v) is 8.08. The molecule has 1 aromatic heterocycles. The number of aryl methyl sites for hydroxylation is 7. The van der Waals surface area contributed by atoms with E-state index in [1.54, 1.807) is 0 Å². The molecular formula is C40H57Cl2FeN3. The Morgan fingerprint density at radius 2 is 0.783 bits per heavy atom. The molecule has 0 atom stereocenters. The van der Waals surface area contributed by atoms with Gasteiger partial charge >= 0.3 is 17.1 Å². The molecule has 0 N–H and O–H groups in total. The molecule has 3 aromatic rings. The molecule has 1 heterocycles. The minimum absolute atomic E-state index is 0. The number of benzene rings is 2. The Morgan fingerprint density at radius 3 is 1.04 bits per heavy atom. The van der Waals surface area contributed by atoms with E-state index in [4.69, 9.17) is 15.0 Å². The second-order valence-corrected chi connectivity index (χ2v) is 12.3. The molecule has 3 rings (SSSR count). The summed E-state index contributed by atoms with van der Waals surface area (Å²) in [7, 11) is 0. The van der Waals surface area contributed by atoms with Crippen LogP contribution in [0.15, 0.2) is 46.4 Å². The molecule has 2 aromatic carbocycles. The Balaban J connectivity index is 0.00000675. The molecule has 0 aliphatic carbocycles. The zero-order valence-electron chi connectivity index (χ0n) is 29.9. The minimum atomic E-state index is 0. The van der Waals surface area contributed by atoms with E-state index < -0.39 is 0 Å². The van der Waals surface area contributed by atoms with Crippen molar-refractivity contribution in [2.24, 2.45) is 9.98 Å². The van der Waals surface area contributed by atoms with E-state index in [2.05, 4.69) is 98.7 Å². The number of hydrogen-bond donors (Lipinski definition) is 0. The van der Waals surface area contributed by atoms with Crippen LogP contribution in [0.1, 0.15) is 144 Å². The number of aliphatic imine (C=N–C) groups is 2. The van der Waals surface area contributed by atoms with Crippen molar-refractivity contribution >= 4 is 22.8 Å². The first-order chi connectivity index (χ1) is 20.8. The van der Waals surface area contributed by atoms with Crippen molar-refractivity contribution in [1.29, 1.82) is 0 Å². The Bertz CT molecular complexity index is 1270. The van der Waals surface area contributed by atoms with Gasteiger partial charge in [0, 0.05) is 0 Å². The molecule has 254 valence electrons. The smallest absolute Gasteiger partial charge is 1.00 e. The standard InChI is InChI=1S/C40H57N3.2ClH.Fe/c1-10-16-31-24-33(18-12-3)39(34(25-31)19-13-4)41-29(8)37-22-28(7)23-38(43-37)30(9)42-40-35(20-14-5)26-32(17-11-2)27-36(40)21-15-6;;;/h22-27H,10-21H2,1-9H3;2*1H;/q;;;+2/p-2. The SMILES string of the molecule is CCCc1cc(CCC)c(N=C(C)c2cc(C)cc(C(C)=Nc3c(CCC)cc(CCC)cc3CCC)n2)c(CCC)c1.[Cl-].[Cl-].[Fe+2]. The van der Waals surface area contributed by atoms with Gasteiger partial charge in [-0.25, -0.2) is 4.98 Å². The summed E-state index contributed by atoms with van der Waals surface area (Å²) >= 11 is 0. The average molecular weight is 707 g/mol. The van der Waals surface area contributed by atoms with Crippen LogP contribution in [0.3, 0.4) is 0 Å². The molecule has 0 aliphatic rings. The fourth-order valence-corrected chi connectivity index (χ4v) is 6.15. The predicted molar refractivity (Wildman–Crippen MR) is 190 cm³/mol. The topological polar surface area (TPSA) is 37.6 Å². The third kappa shape index (κ3) is 12.2. The first kappa shape index (κ1) is 44.0. The van der Waals surface area contributed by atoms with Gasteiger partial charge in [0.1, 0.15) is 0 Å². The monoisotopic (exact) mass is 705 g/mol. The van der Waals surface area contributed by atoms with E-state index in [9.17, 15) is 0 Å². The number of nitrogens with zero attached hydrogens (tertiary/aromatic N) is 3. The van der Waals surface area contributed by atoms with E-state index >= 15 is 0 Å². The molecule has 0 amide bonds. The van der Waals surface area contributed by atoms with Crippen molar-refractivity contribution < 1.29 is 41.9 Å². The number of halogens is 2. The van der Waals surface area contributed by atoms with Crippen LogP contribution in [0.5, 0.6) is 0 Å². The summed E-state index contributed by atoms with van der Waals surface area (Å²) in [5, 5.41) is 0. The van der Waals surface area contributed by atoms with Crippen LogP contribution in [0.25, 0.3) is 0 Å². The molecule has 46 heavy (non-hydrogen) atoms. The summed E-state index contributed by atoms with van der Waals surface area (Å²) in [6.07, 6.45) is 13.2. The van der Waals surface area contributed by atoms with Crippen LogP contribution in [0.2, 0.25) is 0 Å². The van der Waals surface area contributed by atoms with E-state index in [0.717, 1.165) is 98.4 Å². The van der Waals surface area contributed by atoms with E-state index in [0.29, 0.717) is 0 Å². The summed E-state index contributed by atoms with van der Waals surface area (Å²) in [5.41, 5.74) is 15.7. The first-order valence-corrected chi connectivity index (χ1v) is 17.2. The number of pyridine rings is 1. The molecule has 6 heteroatoms. The maximum absolute atomic E-state index is 5.31. The van der Waals surface area contributed by atoms with Crippen molar-refractivity contribution in [2.45, 2.75) is 139 Å². The van der Waals surface area contributed by atoms with Gasteiger partial charge in [0.2, 0.25) is 0 Å². The normalized spacial score (nSPS) is 11.5. The third-order valence-electron chi connectivity index (χ3n) is 8.08. The minimum Gasteiger partial charge on any atom is -1.00 e. The van der Waals surface area contributed by atoms with Gasteiger partial charge in [-0.1, -0.05) is 104 Å². The molecule has 0 fully saturated rings. The molecule has 0 aliphatic heterocycles. The fraction of sp³-hybridized carbons (Fsp3) is 0.525. The Kier molecular flexibility index (Phi) is 21.6. The van der Waals surface area contributed by atoms with E-state index in [1.807, 2.05) is 0 Å². The van der Waals surface area contributed by atoms with Gasteiger partial charge in [0.15, 0.2) is 0 Å². The molecule has 0 bridgehead atoms. The molecule has 0 saturated carbocycles. The van der Waals surface area contributed by atoms with E-state index in [-0.39, 0.29) is 41.9 Å². The average Bonchev–Trinajstić information content (AvgIpc) is 2.97. The summed E-state index contributed by atoms with van der Waals surface area (Å²) in [6, 6.07) is 13.9. The molecule has 0 unspecified atom stereocenters. The van der Waals surface area contributed by atoms with Crippen LogP contribution in [-0.2, 0) is 55.6 Å². The summed E-state index contributed by atoms with van der Waals surface area (Å²) in [4.78, 5) is 15.8. The first-order valence-electron chi connectivity index (χ1n) is 17.2. The van der Waals surface area contributed by atoms with Gasteiger partial charge in [0.25, 0.3) is 0 Å².